The van der Waals surface area contributed by atoms with Gasteiger partial charge in [0.05, 0.1) is 10.7 Å². The minimum Gasteiger partial charge on any atom is -0.348 e. The van der Waals surface area contributed by atoms with Crippen LogP contribution in [0.1, 0.15) is 10.7 Å². The van der Waals surface area contributed by atoms with E-state index in [2.05, 4.69) is 21.4 Å². The van der Waals surface area contributed by atoms with E-state index in [1.54, 1.807) is 23.5 Å². The molecule has 0 aliphatic carbocycles. The van der Waals surface area contributed by atoms with Crippen LogP contribution >= 0.6 is 34.5 Å². The van der Waals surface area contributed by atoms with Gasteiger partial charge in [-0.25, -0.2) is 4.98 Å². The second-order valence-electron chi connectivity index (χ2n) is 4.11. The predicted octanol–water partition coefficient (Wildman–Crippen LogP) is 5.04. The standard InChI is InChI=1S/C14H10Cl2N2S/c15-9-3-4-12(16)11(6-9)13-8-17-14(18-13)7-10-2-1-5-19-10/h1-6,8H,7H2,(H,17,18). The Morgan fingerprint density at radius 3 is 2.89 bits per heavy atom. The van der Waals surface area contributed by atoms with E-state index in [1.165, 1.54) is 4.88 Å². The van der Waals surface area contributed by atoms with Crippen molar-refractivity contribution in [3.8, 4) is 11.3 Å². The molecule has 19 heavy (non-hydrogen) atoms. The topological polar surface area (TPSA) is 28.7 Å². The van der Waals surface area contributed by atoms with E-state index in [4.69, 9.17) is 23.2 Å². The third-order valence-electron chi connectivity index (χ3n) is 2.76. The fraction of sp³-hybridized carbons (Fsp3) is 0.0714. The van der Waals surface area contributed by atoms with Gasteiger partial charge >= 0.3 is 0 Å². The minimum absolute atomic E-state index is 0.651. The highest BCUT2D eigenvalue weighted by molar-refractivity contribution is 7.09. The summed E-state index contributed by atoms with van der Waals surface area (Å²) >= 11 is 13.9. The van der Waals surface area contributed by atoms with E-state index in [0.717, 1.165) is 23.5 Å². The number of H-pyrrole nitrogens is 1. The first-order valence-corrected chi connectivity index (χ1v) is 7.38. The number of imidazole rings is 1. The Balaban J connectivity index is 1.90. The molecular formula is C14H10Cl2N2S. The van der Waals surface area contributed by atoms with Crippen LogP contribution in [0.3, 0.4) is 0 Å². The molecule has 0 saturated carbocycles. The lowest BCUT2D eigenvalue weighted by atomic mass is 10.2. The van der Waals surface area contributed by atoms with Crippen molar-refractivity contribution in [2.45, 2.75) is 6.42 Å². The number of nitrogens with one attached hydrogen (secondary N) is 1. The van der Waals surface area contributed by atoms with Crippen LogP contribution in [0.4, 0.5) is 0 Å². The van der Waals surface area contributed by atoms with E-state index in [1.807, 2.05) is 18.3 Å². The summed E-state index contributed by atoms with van der Waals surface area (Å²) in [5, 5.41) is 3.37. The van der Waals surface area contributed by atoms with Crippen molar-refractivity contribution in [1.82, 2.24) is 9.97 Å². The van der Waals surface area contributed by atoms with Gasteiger partial charge in [-0.1, -0.05) is 29.3 Å². The number of aromatic nitrogens is 2. The molecule has 0 spiro atoms. The highest BCUT2D eigenvalue weighted by Crippen LogP contribution is 2.29. The van der Waals surface area contributed by atoms with Crippen molar-refractivity contribution >= 4 is 34.5 Å². The normalized spacial score (nSPS) is 10.8. The van der Waals surface area contributed by atoms with E-state index in [9.17, 15) is 0 Å². The van der Waals surface area contributed by atoms with Gasteiger partial charge in [0, 0.05) is 28.1 Å². The Bertz CT molecular complexity index is 689. The predicted molar refractivity (Wildman–Crippen MR) is 81.2 cm³/mol. The quantitative estimate of drug-likeness (QED) is 0.721. The van der Waals surface area contributed by atoms with Crippen molar-refractivity contribution in [2.75, 3.05) is 0 Å². The highest BCUT2D eigenvalue weighted by Gasteiger charge is 2.09. The van der Waals surface area contributed by atoms with E-state index >= 15 is 0 Å². The van der Waals surface area contributed by atoms with Crippen LogP contribution in [0.5, 0.6) is 0 Å². The van der Waals surface area contributed by atoms with Crippen molar-refractivity contribution in [3.05, 3.63) is 62.7 Å². The van der Waals surface area contributed by atoms with Gasteiger partial charge in [-0.05, 0) is 29.6 Å². The molecule has 2 aromatic heterocycles. The highest BCUT2D eigenvalue weighted by atomic mass is 35.5. The first-order chi connectivity index (χ1) is 9.22. The van der Waals surface area contributed by atoms with Crippen LogP contribution in [0.2, 0.25) is 10.0 Å². The molecule has 0 aliphatic rings. The maximum atomic E-state index is 6.17. The molecule has 1 aromatic carbocycles. The Hall–Kier alpha value is -1.29. The zero-order valence-corrected chi connectivity index (χ0v) is 12.2. The zero-order valence-electron chi connectivity index (χ0n) is 9.86. The number of halogens is 2. The van der Waals surface area contributed by atoms with Crippen LogP contribution in [0.15, 0.2) is 41.9 Å². The van der Waals surface area contributed by atoms with Crippen LogP contribution in [-0.4, -0.2) is 9.97 Å². The zero-order chi connectivity index (χ0) is 13.2. The molecule has 0 unspecified atom stereocenters. The van der Waals surface area contributed by atoms with E-state index in [-0.39, 0.29) is 0 Å². The Morgan fingerprint density at radius 1 is 1.21 bits per heavy atom. The fourth-order valence-corrected chi connectivity index (χ4v) is 2.96. The summed E-state index contributed by atoms with van der Waals surface area (Å²) in [5.74, 6) is 0.925. The maximum Gasteiger partial charge on any atom is 0.112 e. The molecule has 0 radical (unpaired) electrons. The molecule has 96 valence electrons. The first-order valence-electron chi connectivity index (χ1n) is 5.74. The molecule has 0 saturated heterocycles. The van der Waals surface area contributed by atoms with Gasteiger partial charge in [0.2, 0.25) is 0 Å². The van der Waals surface area contributed by atoms with Gasteiger partial charge in [0.15, 0.2) is 0 Å². The summed E-state index contributed by atoms with van der Waals surface area (Å²) in [6, 6.07) is 9.52. The third kappa shape index (κ3) is 2.84. The number of aromatic amines is 1. The smallest absolute Gasteiger partial charge is 0.112 e. The molecule has 0 atom stereocenters. The monoisotopic (exact) mass is 308 g/mol. The molecule has 2 nitrogen and oxygen atoms in total. The second-order valence-corrected chi connectivity index (χ2v) is 5.99. The van der Waals surface area contributed by atoms with E-state index < -0.39 is 0 Å². The van der Waals surface area contributed by atoms with E-state index in [0.29, 0.717) is 10.0 Å². The molecule has 1 N–H and O–H groups in total. The largest absolute Gasteiger partial charge is 0.348 e. The lowest BCUT2D eigenvalue weighted by molar-refractivity contribution is 1.05. The maximum absolute atomic E-state index is 6.17. The molecule has 3 rings (SSSR count). The third-order valence-corrected chi connectivity index (χ3v) is 4.20. The molecule has 0 aliphatic heterocycles. The van der Waals surface area contributed by atoms with Crippen molar-refractivity contribution < 1.29 is 0 Å². The minimum atomic E-state index is 0.651. The lowest BCUT2D eigenvalue weighted by Gasteiger charge is -2.00. The summed E-state index contributed by atoms with van der Waals surface area (Å²) in [7, 11) is 0. The molecule has 3 aromatic rings. The molecule has 2 heterocycles. The molecule has 0 fully saturated rings. The number of thiophene rings is 1. The van der Waals surface area contributed by atoms with Crippen LogP contribution in [-0.2, 0) is 6.42 Å². The van der Waals surface area contributed by atoms with Gasteiger partial charge in [-0.15, -0.1) is 11.3 Å². The average Bonchev–Trinajstić information content (AvgIpc) is 3.04. The van der Waals surface area contributed by atoms with Gasteiger partial charge in [0.25, 0.3) is 0 Å². The van der Waals surface area contributed by atoms with Crippen molar-refractivity contribution in [3.63, 3.8) is 0 Å². The number of hydrogen-bond donors (Lipinski definition) is 1. The lowest BCUT2D eigenvalue weighted by Crippen LogP contribution is -1.87. The Morgan fingerprint density at radius 2 is 2.11 bits per heavy atom. The summed E-state index contributed by atoms with van der Waals surface area (Å²) in [4.78, 5) is 9.02. The second kappa shape index (κ2) is 5.37. The SMILES string of the molecule is Clc1ccc(Cl)c(-c2c[nH]c(Cc3cccs3)n2)c1. The molecule has 0 bridgehead atoms. The van der Waals surface area contributed by atoms with Gasteiger partial charge in [-0.3, -0.25) is 0 Å². The fourth-order valence-electron chi connectivity index (χ4n) is 1.86. The summed E-state index contributed by atoms with van der Waals surface area (Å²) in [5.41, 5.74) is 1.67. The van der Waals surface area contributed by atoms with Crippen LogP contribution in [0.25, 0.3) is 11.3 Å². The summed E-state index contributed by atoms with van der Waals surface area (Å²) in [6.45, 7) is 0. The first kappa shape index (κ1) is 12.7. The average molecular weight is 309 g/mol. The van der Waals surface area contributed by atoms with Crippen LogP contribution in [0, 0.1) is 0 Å². The van der Waals surface area contributed by atoms with Crippen LogP contribution < -0.4 is 0 Å². The number of nitrogens with zero attached hydrogens (tertiary/aromatic N) is 1. The Kier molecular flexibility index (Phi) is 3.60. The van der Waals surface area contributed by atoms with Gasteiger partial charge in [0.1, 0.15) is 5.82 Å². The Labute approximate surface area is 125 Å². The molecular weight excluding hydrogens is 299 g/mol. The van der Waals surface area contributed by atoms with Gasteiger partial charge < -0.3 is 4.98 Å². The van der Waals surface area contributed by atoms with Crippen molar-refractivity contribution in [1.29, 1.82) is 0 Å². The molecule has 5 heteroatoms. The molecule has 0 amide bonds. The van der Waals surface area contributed by atoms with Gasteiger partial charge in [-0.2, -0.15) is 0 Å². The number of rotatable bonds is 3. The van der Waals surface area contributed by atoms with Crippen molar-refractivity contribution in [2.24, 2.45) is 0 Å². The number of hydrogen-bond acceptors (Lipinski definition) is 2. The summed E-state index contributed by atoms with van der Waals surface area (Å²) < 4.78 is 0. The summed E-state index contributed by atoms with van der Waals surface area (Å²) in [6.07, 6.45) is 2.66. The number of benzene rings is 1.